The average Bonchev–Trinajstić information content (AvgIpc) is 2.71. The number of benzene rings is 1. The van der Waals surface area contributed by atoms with Crippen LogP contribution in [0.4, 0.5) is 4.39 Å². The summed E-state index contributed by atoms with van der Waals surface area (Å²) in [4.78, 5) is 0. The fourth-order valence-electron chi connectivity index (χ4n) is 2.47. The molecule has 2 nitrogen and oxygen atoms in total. The molecule has 0 bridgehead atoms. The van der Waals surface area contributed by atoms with Gasteiger partial charge in [0.05, 0.1) is 6.04 Å². The molecule has 0 radical (unpaired) electrons. The van der Waals surface area contributed by atoms with Crippen LogP contribution in [0.1, 0.15) is 23.7 Å². The van der Waals surface area contributed by atoms with Crippen molar-refractivity contribution in [3.05, 3.63) is 59.7 Å². The first kappa shape index (κ1) is 10.5. The lowest BCUT2D eigenvalue weighted by Crippen LogP contribution is -2.23. The number of rotatable bonds is 1. The Kier molecular flexibility index (Phi) is 2.69. The quantitative estimate of drug-likeness (QED) is 0.797. The Morgan fingerprint density at radius 2 is 2.06 bits per heavy atom. The van der Waals surface area contributed by atoms with Gasteiger partial charge in [-0.3, -0.25) is 0 Å². The van der Waals surface area contributed by atoms with E-state index in [0.29, 0.717) is 0 Å². The highest BCUT2D eigenvalue weighted by atomic mass is 19.1. The summed E-state index contributed by atoms with van der Waals surface area (Å²) < 4.78 is 16.1. The van der Waals surface area contributed by atoms with E-state index in [2.05, 4.69) is 22.1 Å². The van der Waals surface area contributed by atoms with Crippen LogP contribution < -0.4 is 5.32 Å². The summed E-state index contributed by atoms with van der Waals surface area (Å²) in [7, 11) is 0. The largest absolute Gasteiger partial charge is 0.350 e. The Balaban J connectivity index is 2.07. The van der Waals surface area contributed by atoms with Crippen molar-refractivity contribution in [2.45, 2.75) is 19.0 Å². The standard InChI is InChI=1S/C14H15FN2/c15-12-6-2-1-5-11(12)14-13-7-3-9-17(13)10-4-8-16-14/h1-3,5-7,9,14,16H,4,8,10H2. The molecule has 3 heteroatoms. The number of aromatic nitrogens is 1. The first-order valence-corrected chi connectivity index (χ1v) is 5.99. The second kappa shape index (κ2) is 4.34. The van der Waals surface area contributed by atoms with Crippen LogP contribution >= 0.6 is 0 Å². The zero-order valence-corrected chi connectivity index (χ0v) is 9.57. The highest BCUT2D eigenvalue weighted by Gasteiger charge is 2.21. The van der Waals surface area contributed by atoms with Crippen molar-refractivity contribution in [2.24, 2.45) is 0 Å². The molecule has 0 fully saturated rings. The third-order valence-electron chi connectivity index (χ3n) is 3.30. The molecule has 0 saturated carbocycles. The molecule has 3 rings (SSSR count). The van der Waals surface area contributed by atoms with E-state index in [1.54, 1.807) is 6.07 Å². The predicted molar refractivity (Wildman–Crippen MR) is 65.3 cm³/mol. The Hall–Kier alpha value is -1.61. The van der Waals surface area contributed by atoms with Crippen LogP contribution in [-0.4, -0.2) is 11.1 Å². The molecule has 0 saturated heterocycles. The van der Waals surface area contributed by atoms with Gasteiger partial charge in [-0.05, 0) is 31.2 Å². The Morgan fingerprint density at radius 3 is 2.94 bits per heavy atom. The maximum absolute atomic E-state index is 13.9. The summed E-state index contributed by atoms with van der Waals surface area (Å²) in [6.07, 6.45) is 3.14. The normalized spacial score (nSPS) is 19.7. The predicted octanol–water partition coefficient (Wildman–Crippen LogP) is 2.71. The summed E-state index contributed by atoms with van der Waals surface area (Å²) in [5, 5.41) is 3.42. The Bertz CT molecular complexity index is 518. The summed E-state index contributed by atoms with van der Waals surface area (Å²) in [6, 6.07) is 11.1. The molecule has 2 aromatic rings. The van der Waals surface area contributed by atoms with Crippen molar-refractivity contribution in [2.75, 3.05) is 6.54 Å². The molecule has 1 aromatic heterocycles. The van der Waals surface area contributed by atoms with Gasteiger partial charge in [-0.15, -0.1) is 0 Å². The lowest BCUT2D eigenvalue weighted by molar-refractivity contribution is 0.552. The molecule has 1 atom stereocenters. The molecule has 1 N–H and O–H groups in total. The van der Waals surface area contributed by atoms with Gasteiger partial charge in [-0.1, -0.05) is 18.2 Å². The monoisotopic (exact) mass is 230 g/mol. The van der Waals surface area contributed by atoms with Crippen molar-refractivity contribution in [1.82, 2.24) is 9.88 Å². The summed E-state index contributed by atoms with van der Waals surface area (Å²) in [5.74, 6) is -0.139. The Morgan fingerprint density at radius 1 is 1.18 bits per heavy atom. The maximum atomic E-state index is 13.9. The van der Waals surface area contributed by atoms with Crippen LogP contribution in [-0.2, 0) is 6.54 Å². The van der Waals surface area contributed by atoms with Gasteiger partial charge in [0, 0.05) is 24.0 Å². The fourth-order valence-corrected chi connectivity index (χ4v) is 2.47. The molecule has 1 aromatic carbocycles. The second-order valence-electron chi connectivity index (χ2n) is 4.39. The van der Waals surface area contributed by atoms with Gasteiger partial charge >= 0.3 is 0 Å². The van der Waals surface area contributed by atoms with Gasteiger partial charge in [0.2, 0.25) is 0 Å². The summed E-state index contributed by atoms with van der Waals surface area (Å²) in [5.41, 5.74) is 1.88. The first-order valence-electron chi connectivity index (χ1n) is 5.99. The smallest absolute Gasteiger partial charge is 0.128 e. The summed E-state index contributed by atoms with van der Waals surface area (Å²) in [6.45, 7) is 1.92. The minimum atomic E-state index is -0.139. The third-order valence-corrected chi connectivity index (χ3v) is 3.30. The number of nitrogens with one attached hydrogen (secondary N) is 1. The minimum absolute atomic E-state index is 0.0336. The van der Waals surface area contributed by atoms with E-state index >= 15 is 0 Å². The van der Waals surface area contributed by atoms with E-state index in [9.17, 15) is 4.39 Å². The zero-order valence-electron chi connectivity index (χ0n) is 9.57. The minimum Gasteiger partial charge on any atom is -0.350 e. The van der Waals surface area contributed by atoms with Gasteiger partial charge in [-0.25, -0.2) is 4.39 Å². The maximum Gasteiger partial charge on any atom is 0.128 e. The highest BCUT2D eigenvalue weighted by molar-refractivity contribution is 5.30. The van der Waals surface area contributed by atoms with Crippen LogP contribution in [0.5, 0.6) is 0 Å². The SMILES string of the molecule is Fc1ccccc1C1NCCCn2cccc21. The van der Waals surface area contributed by atoms with E-state index in [-0.39, 0.29) is 11.9 Å². The second-order valence-corrected chi connectivity index (χ2v) is 4.39. The van der Waals surface area contributed by atoms with Crippen LogP contribution in [0.25, 0.3) is 0 Å². The molecule has 0 aliphatic carbocycles. The molecule has 1 aliphatic rings. The van der Waals surface area contributed by atoms with Gasteiger partial charge < -0.3 is 9.88 Å². The molecule has 17 heavy (non-hydrogen) atoms. The lowest BCUT2D eigenvalue weighted by atomic mass is 10.0. The van der Waals surface area contributed by atoms with Crippen molar-refractivity contribution >= 4 is 0 Å². The first-order chi connectivity index (χ1) is 8.36. The van der Waals surface area contributed by atoms with Crippen LogP contribution in [0.3, 0.4) is 0 Å². The fraction of sp³-hybridized carbons (Fsp3) is 0.286. The number of halogens is 1. The average molecular weight is 230 g/mol. The molecule has 1 unspecified atom stereocenters. The zero-order chi connectivity index (χ0) is 11.7. The molecule has 0 spiro atoms. The lowest BCUT2D eigenvalue weighted by Gasteiger charge is -2.18. The van der Waals surface area contributed by atoms with Gasteiger partial charge in [0.25, 0.3) is 0 Å². The van der Waals surface area contributed by atoms with Crippen LogP contribution in [0, 0.1) is 5.82 Å². The molecule has 0 amide bonds. The molecular weight excluding hydrogens is 215 g/mol. The van der Waals surface area contributed by atoms with Crippen molar-refractivity contribution in [3.8, 4) is 0 Å². The summed E-state index contributed by atoms with van der Waals surface area (Å²) >= 11 is 0. The van der Waals surface area contributed by atoms with Gasteiger partial charge in [0.15, 0.2) is 0 Å². The van der Waals surface area contributed by atoms with E-state index in [1.165, 1.54) is 6.07 Å². The van der Waals surface area contributed by atoms with E-state index in [1.807, 2.05) is 18.2 Å². The molecule has 1 aliphatic heterocycles. The van der Waals surface area contributed by atoms with E-state index in [0.717, 1.165) is 30.8 Å². The van der Waals surface area contributed by atoms with Crippen molar-refractivity contribution in [3.63, 3.8) is 0 Å². The van der Waals surface area contributed by atoms with E-state index in [4.69, 9.17) is 0 Å². The van der Waals surface area contributed by atoms with Crippen molar-refractivity contribution < 1.29 is 4.39 Å². The number of hydrogen-bond donors (Lipinski definition) is 1. The molecule has 2 heterocycles. The number of fused-ring (bicyclic) bond motifs is 1. The van der Waals surface area contributed by atoms with Crippen LogP contribution in [0.15, 0.2) is 42.6 Å². The number of aryl methyl sites for hydroxylation is 1. The van der Waals surface area contributed by atoms with Crippen LogP contribution in [0.2, 0.25) is 0 Å². The molecular formula is C14H15FN2. The molecule has 88 valence electrons. The highest BCUT2D eigenvalue weighted by Crippen LogP contribution is 2.26. The topological polar surface area (TPSA) is 17.0 Å². The van der Waals surface area contributed by atoms with Gasteiger partial charge in [-0.2, -0.15) is 0 Å². The van der Waals surface area contributed by atoms with Crippen molar-refractivity contribution in [1.29, 1.82) is 0 Å². The third kappa shape index (κ3) is 1.87. The number of nitrogens with zero attached hydrogens (tertiary/aromatic N) is 1. The number of hydrogen-bond acceptors (Lipinski definition) is 1. The Labute approximate surface area is 100 Å². The van der Waals surface area contributed by atoms with E-state index < -0.39 is 0 Å². The van der Waals surface area contributed by atoms with Gasteiger partial charge in [0.1, 0.15) is 5.82 Å².